The fraction of sp³-hybridized carbons (Fsp3) is 0.778. The van der Waals surface area contributed by atoms with Crippen LogP contribution in [0.5, 0.6) is 0 Å². The van der Waals surface area contributed by atoms with Gasteiger partial charge in [-0.15, -0.1) is 0 Å². The average molecular weight is 219 g/mol. The number of carbonyl (C=O) groups excluding carboxylic acids is 2. The summed E-state index contributed by atoms with van der Waals surface area (Å²) in [6.07, 6.45) is -0.909. The number of ether oxygens (including phenoxy) is 2. The molecule has 0 radical (unpaired) electrons. The number of primary amides is 1. The van der Waals surface area contributed by atoms with Crippen molar-refractivity contribution in [1.29, 1.82) is 0 Å². The Balaban J connectivity index is 3.41. The highest BCUT2D eigenvalue weighted by atomic mass is 16.5. The Bertz CT molecular complexity index is 226. The molecule has 0 bridgehead atoms. The maximum absolute atomic E-state index is 11.1. The van der Waals surface area contributed by atoms with Crippen molar-refractivity contribution < 1.29 is 20.4 Å². The van der Waals surface area contributed by atoms with Crippen molar-refractivity contribution in [3.63, 3.8) is 0 Å². The van der Waals surface area contributed by atoms with Crippen LogP contribution in [0, 0.1) is 0 Å². The molecule has 0 fully saturated rings. The Hall–Kier alpha value is -1.14. The molecular formula is C9H18N2O4. The zero-order valence-corrected chi connectivity index (χ0v) is 8.82. The van der Waals surface area contributed by atoms with Gasteiger partial charge in [-0.3, -0.25) is 9.59 Å². The normalized spacial score (nSPS) is 13.0. The van der Waals surface area contributed by atoms with Gasteiger partial charge in [0.05, 0.1) is 19.8 Å². The minimum atomic E-state index is -1.10. The molecule has 0 rings (SSSR count). The quantitative estimate of drug-likeness (QED) is 0.488. The van der Waals surface area contributed by atoms with Crippen molar-refractivity contribution in [3.8, 4) is 0 Å². The van der Waals surface area contributed by atoms with Gasteiger partial charge in [-0.2, -0.15) is 0 Å². The van der Waals surface area contributed by atoms with Crippen LogP contribution in [0.4, 0.5) is 0 Å². The molecule has 2 amide bonds. The van der Waals surface area contributed by atoms with Gasteiger partial charge in [0, 0.05) is 27.8 Å². The summed E-state index contributed by atoms with van der Waals surface area (Å²) in [6, 6.07) is 0. The molecule has 88 valence electrons. The van der Waals surface area contributed by atoms with E-state index in [9.17, 15) is 9.59 Å². The lowest BCUT2D eigenvalue weighted by atomic mass is 10.3. The summed E-state index contributed by atoms with van der Waals surface area (Å²) >= 11 is 0. The Labute approximate surface area is 90.5 Å². The van der Waals surface area contributed by atoms with Gasteiger partial charge in [-0.25, -0.2) is 0 Å². The number of amides is 2. The molecule has 0 aliphatic carbocycles. The summed E-state index contributed by atoms with van der Waals surface area (Å²) in [5, 5.41) is 2.42. The summed E-state index contributed by atoms with van der Waals surface area (Å²) in [6.45, 7) is 1.14. The summed E-state index contributed by atoms with van der Waals surface area (Å²) in [7, 11) is 1.56. The fourth-order valence-corrected chi connectivity index (χ4v) is 0.763. The topological polar surface area (TPSA) is 90.7 Å². The van der Waals surface area contributed by atoms with Gasteiger partial charge in [0.15, 0.2) is 0 Å². The molecule has 1 unspecified atom stereocenters. The highest BCUT2D eigenvalue weighted by molar-refractivity contribution is 5.78. The number of hydrogen-bond donors (Lipinski definition) is 2. The molecule has 0 aliphatic heterocycles. The molecule has 0 aliphatic rings. The van der Waals surface area contributed by atoms with E-state index in [4.69, 9.17) is 16.6 Å². The zero-order chi connectivity index (χ0) is 12.4. The van der Waals surface area contributed by atoms with E-state index in [0.29, 0.717) is 13.2 Å². The minimum absolute atomic E-state index is 0.0633. The lowest BCUT2D eigenvalue weighted by Crippen LogP contribution is -2.28. The van der Waals surface area contributed by atoms with E-state index < -0.39 is 12.3 Å². The van der Waals surface area contributed by atoms with Gasteiger partial charge in [0.25, 0.3) is 0 Å². The zero-order valence-electron chi connectivity index (χ0n) is 9.82. The van der Waals surface area contributed by atoms with E-state index in [1.54, 1.807) is 7.11 Å². The SMILES string of the molecule is [2H]C(CNC(=O)CCOCCOC)C(N)=O. The Morgan fingerprint density at radius 3 is 2.73 bits per heavy atom. The molecule has 0 aromatic carbocycles. The standard InChI is InChI=1S/C9H18N2O4/c1-14-6-7-15-5-3-9(13)11-4-2-8(10)12/h2-7H2,1H3,(H2,10,12)(H,11,13)/i2D. The molecule has 0 saturated heterocycles. The molecule has 0 saturated carbocycles. The summed E-state index contributed by atoms with van der Waals surface area (Å²) in [5.74, 6) is -1.02. The van der Waals surface area contributed by atoms with Crippen LogP contribution in [0.25, 0.3) is 0 Å². The first-order valence-electron chi connectivity index (χ1n) is 5.20. The van der Waals surface area contributed by atoms with Gasteiger partial charge >= 0.3 is 0 Å². The van der Waals surface area contributed by atoms with E-state index in [1.807, 2.05) is 0 Å². The smallest absolute Gasteiger partial charge is 0.222 e. The third-order valence-corrected chi connectivity index (χ3v) is 1.51. The van der Waals surface area contributed by atoms with Gasteiger partial charge in [0.2, 0.25) is 11.8 Å². The van der Waals surface area contributed by atoms with Crippen LogP contribution in [-0.4, -0.2) is 45.3 Å². The van der Waals surface area contributed by atoms with Crippen molar-refractivity contribution in [2.24, 2.45) is 5.73 Å². The second-order valence-electron chi connectivity index (χ2n) is 2.77. The van der Waals surface area contributed by atoms with Crippen LogP contribution in [0.1, 0.15) is 14.2 Å². The molecular weight excluding hydrogens is 200 g/mol. The predicted octanol–water partition coefficient (Wildman–Crippen LogP) is -0.969. The Morgan fingerprint density at radius 2 is 2.13 bits per heavy atom. The third-order valence-electron chi connectivity index (χ3n) is 1.51. The van der Waals surface area contributed by atoms with E-state index in [0.717, 1.165) is 0 Å². The molecule has 1 atom stereocenters. The summed E-state index contributed by atoms with van der Waals surface area (Å²) in [5.41, 5.74) is 4.86. The largest absolute Gasteiger partial charge is 0.382 e. The van der Waals surface area contributed by atoms with Crippen molar-refractivity contribution in [1.82, 2.24) is 5.32 Å². The van der Waals surface area contributed by atoms with Gasteiger partial charge in [0.1, 0.15) is 0 Å². The van der Waals surface area contributed by atoms with Gasteiger partial charge in [-0.1, -0.05) is 0 Å². The lowest BCUT2D eigenvalue weighted by molar-refractivity contribution is -0.122. The highest BCUT2D eigenvalue weighted by Gasteiger charge is 2.01. The maximum atomic E-state index is 11.1. The molecule has 0 spiro atoms. The molecule has 15 heavy (non-hydrogen) atoms. The number of nitrogens with one attached hydrogen (secondary N) is 1. The highest BCUT2D eigenvalue weighted by Crippen LogP contribution is 1.84. The van der Waals surface area contributed by atoms with Crippen molar-refractivity contribution in [2.75, 3.05) is 33.5 Å². The molecule has 0 aromatic heterocycles. The van der Waals surface area contributed by atoms with Crippen molar-refractivity contribution in [2.45, 2.75) is 12.8 Å². The number of hydrogen-bond acceptors (Lipinski definition) is 4. The minimum Gasteiger partial charge on any atom is -0.382 e. The lowest BCUT2D eigenvalue weighted by Gasteiger charge is -2.04. The van der Waals surface area contributed by atoms with E-state index >= 15 is 0 Å². The van der Waals surface area contributed by atoms with Crippen LogP contribution < -0.4 is 11.1 Å². The molecule has 0 heterocycles. The monoisotopic (exact) mass is 219 g/mol. The number of methoxy groups -OCH3 is 1. The van der Waals surface area contributed by atoms with Crippen LogP contribution in [0.2, 0.25) is 0 Å². The molecule has 3 N–H and O–H groups in total. The molecule has 0 aromatic rings. The first-order valence-corrected chi connectivity index (χ1v) is 4.63. The Morgan fingerprint density at radius 1 is 1.40 bits per heavy atom. The van der Waals surface area contributed by atoms with E-state index in [-0.39, 0.29) is 25.5 Å². The number of nitrogens with two attached hydrogens (primary N) is 1. The number of carbonyl (C=O) groups is 2. The van der Waals surface area contributed by atoms with Crippen molar-refractivity contribution in [3.05, 3.63) is 0 Å². The van der Waals surface area contributed by atoms with Gasteiger partial charge in [-0.05, 0) is 0 Å². The molecule has 6 nitrogen and oxygen atoms in total. The van der Waals surface area contributed by atoms with Crippen LogP contribution in [-0.2, 0) is 19.1 Å². The van der Waals surface area contributed by atoms with Crippen molar-refractivity contribution >= 4 is 11.8 Å². The summed E-state index contributed by atoms with van der Waals surface area (Å²) in [4.78, 5) is 21.6. The van der Waals surface area contributed by atoms with E-state index in [2.05, 4.69) is 5.32 Å². The first-order chi connectivity index (χ1) is 7.57. The Kier molecular flexibility index (Phi) is 7.49. The second kappa shape index (κ2) is 9.42. The first kappa shape index (κ1) is 11.9. The predicted molar refractivity (Wildman–Crippen MR) is 54.1 cm³/mol. The third kappa shape index (κ3) is 10.8. The molecule has 6 heteroatoms. The van der Waals surface area contributed by atoms with Crippen LogP contribution in [0.15, 0.2) is 0 Å². The maximum Gasteiger partial charge on any atom is 0.222 e. The van der Waals surface area contributed by atoms with Gasteiger partial charge < -0.3 is 20.5 Å². The fourth-order valence-electron chi connectivity index (χ4n) is 0.763. The van der Waals surface area contributed by atoms with Crippen LogP contribution >= 0.6 is 0 Å². The number of rotatable bonds is 9. The average Bonchev–Trinajstić information content (AvgIpc) is 2.25. The van der Waals surface area contributed by atoms with E-state index in [1.165, 1.54) is 0 Å². The summed E-state index contributed by atoms with van der Waals surface area (Å²) < 4.78 is 17.0. The second-order valence-corrected chi connectivity index (χ2v) is 2.77. The van der Waals surface area contributed by atoms with Crippen LogP contribution in [0.3, 0.4) is 0 Å².